The van der Waals surface area contributed by atoms with Gasteiger partial charge < -0.3 is 9.15 Å². The molecule has 0 aliphatic heterocycles. The first-order valence-corrected chi connectivity index (χ1v) is 7.95. The van der Waals surface area contributed by atoms with Crippen LogP contribution in [0.25, 0.3) is 21.7 Å². The van der Waals surface area contributed by atoms with Crippen LogP contribution in [0.15, 0.2) is 46.5 Å². The summed E-state index contributed by atoms with van der Waals surface area (Å²) in [7, 11) is 0. The van der Waals surface area contributed by atoms with E-state index < -0.39 is 0 Å². The van der Waals surface area contributed by atoms with Crippen LogP contribution in [0.1, 0.15) is 5.89 Å². The zero-order chi connectivity index (χ0) is 15.6. The van der Waals surface area contributed by atoms with E-state index >= 15 is 0 Å². The zero-order valence-electron chi connectivity index (χ0n) is 11.6. The van der Waals surface area contributed by atoms with E-state index in [-0.39, 0.29) is 6.61 Å². The van der Waals surface area contributed by atoms with Gasteiger partial charge in [0.1, 0.15) is 11.2 Å². The highest BCUT2D eigenvalue weighted by atomic mass is 35.5. The monoisotopic (exact) mass is 344 g/mol. The van der Waals surface area contributed by atoms with Gasteiger partial charge in [0, 0.05) is 10.6 Å². The van der Waals surface area contributed by atoms with E-state index in [4.69, 9.17) is 20.8 Å². The SMILES string of the molecule is Clc1ccc(-c2nnc(COc3ncnc4sccc34)o2)cc1. The lowest BCUT2D eigenvalue weighted by Gasteiger charge is -2.02. The maximum atomic E-state index is 5.86. The summed E-state index contributed by atoms with van der Waals surface area (Å²) < 4.78 is 11.3. The molecule has 4 aromatic rings. The molecule has 0 N–H and O–H groups in total. The Kier molecular flexibility index (Phi) is 3.64. The molecule has 0 bridgehead atoms. The Morgan fingerprint density at radius 1 is 1.09 bits per heavy atom. The Morgan fingerprint density at radius 3 is 2.83 bits per heavy atom. The minimum Gasteiger partial charge on any atom is -0.467 e. The first kappa shape index (κ1) is 14.1. The van der Waals surface area contributed by atoms with Crippen molar-refractivity contribution in [3.05, 3.63) is 53.0 Å². The van der Waals surface area contributed by atoms with E-state index in [9.17, 15) is 0 Å². The fraction of sp³-hybridized carbons (Fsp3) is 0.0667. The van der Waals surface area contributed by atoms with Crippen molar-refractivity contribution in [3.8, 4) is 17.3 Å². The normalized spacial score (nSPS) is 11.0. The van der Waals surface area contributed by atoms with Gasteiger partial charge in [0.15, 0.2) is 6.61 Å². The number of hydrogen-bond donors (Lipinski definition) is 0. The standard InChI is InChI=1S/C15H9ClN4O2S/c16-10-3-1-9(2-4-10)13-20-19-12(22-13)7-21-14-11-5-6-23-15(11)18-8-17-14/h1-6,8H,7H2. The summed E-state index contributed by atoms with van der Waals surface area (Å²) in [6.45, 7) is 0.141. The predicted octanol–water partition coefficient (Wildman–Crippen LogP) is 3.97. The van der Waals surface area contributed by atoms with Gasteiger partial charge in [0.25, 0.3) is 5.89 Å². The molecule has 0 aliphatic carbocycles. The Morgan fingerprint density at radius 2 is 1.96 bits per heavy atom. The van der Waals surface area contributed by atoms with Gasteiger partial charge in [0.05, 0.1) is 5.39 Å². The summed E-state index contributed by atoms with van der Waals surface area (Å²) in [5.41, 5.74) is 0.801. The molecule has 4 rings (SSSR count). The predicted molar refractivity (Wildman–Crippen MR) is 86.5 cm³/mol. The summed E-state index contributed by atoms with van der Waals surface area (Å²) >= 11 is 7.39. The van der Waals surface area contributed by atoms with Crippen molar-refractivity contribution in [3.63, 3.8) is 0 Å². The summed E-state index contributed by atoms with van der Waals surface area (Å²) in [4.78, 5) is 9.19. The van der Waals surface area contributed by atoms with Gasteiger partial charge in [-0.1, -0.05) is 11.6 Å². The van der Waals surface area contributed by atoms with Gasteiger partial charge in [-0.3, -0.25) is 0 Å². The van der Waals surface area contributed by atoms with E-state index in [1.54, 1.807) is 12.1 Å². The molecule has 3 heterocycles. The molecule has 3 aromatic heterocycles. The summed E-state index contributed by atoms with van der Waals surface area (Å²) in [5.74, 6) is 1.29. The topological polar surface area (TPSA) is 73.9 Å². The van der Waals surface area contributed by atoms with Crippen LogP contribution in [0.2, 0.25) is 5.02 Å². The van der Waals surface area contributed by atoms with Gasteiger partial charge in [-0.25, -0.2) is 9.97 Å². The smallest absolute Gasteiger partial charge is 0.254 e. The van der Waals surface area contributed by atoms with Crippen LogP contribution in [-0.4, -0.2) is 20.2 Å². The number of ether oxygens (including phenoxy) is 1. The Bertz CT molecular complexity index is 951. The summed E-state index contributed by atoms with van der Waals surface area (Å²) in [5, 5.41) is 11.5. The number of rotatable bonds is 4. The molecule has 0 amide bonds. The fourth-order valence-corrected chi connectivity index (χ4v) is 2.88. The second-order valence-electron chi connectivity index (χ2n) is 4.61. The van der Waals surface area contributed by atoms with Gasteiger partial charge >= 0.3 is 0 Å². The molecule has 0 aliphatic rings. The molecular weight excluding hydrogens is 336 g/mol. The Hall–Kier alpha value is -2.51. The average molecular weight is 345 g/mol. The molecular formula is C15H9ClN4O2S. The van der Waals surface area contributed by atoms with Crippen molar-refractivity contribution in [2.24, 2.45) is 0 Å². The molecule has 114 valence electrons. The van der Waals surface area contributed by atoms with E-state index in [0.29, 0.717) is 22.7 Å². The van der Waals surface area contributed by atoms with Crippen LogP contribution < -0.4 is 4.74 Å². The molecule has 0 atom stereocenters. The van der Waals surface area contributed by atoms with Gasteiger partial charge in [-0.2, -0.15) is 0 Å². The van der Waals surface area contributed by atoms with Crippen LogP contribution in [0, 0.1) is 0 Å². The average Bonchev–Trinajstić information content (AvgIpc) is 3.23. The van der Waals surface area contributed by atoms with Gasteiger partial charge in [-0.05, 0) is 35.7 Å². The van der Waals surface area contributed by atoms with Crippen LogP contribution in [0.3, 0.4) is 0 Å². The van der Waals surface area contributed by atoms with E-state index in [2.05, 4.69) is 20.2 Å². The Labute approximate surface area is 139 Å². The molecule has 6 nitrogen and oxygen atoms in total. The van der Waals surface area contributed by atoms with Crippen molar-refractivity contribution in [2.75, 3.05) is 0 Å². The highest BCUT2D eigenvalue weighted by Gasteiger charge is 2.11. The van der Waals surface area contributed by atoms with Gasteiger partial charge in [-0.15, -0.1) is 21.5 Å². The second-order valence-corrected chi connectivity index (χ2v) is 5.95. The molecule has 0 radical (unpaired) electrons. The third-order valence-corrected chi connectivity index (χ3v) is 4.19. The first-order valence-electron chi connectivity index (χ1n) is 6.69. The maximum Gasteiger partial charge on any atom is 0.254 e. The first-order chi connectivity index (χ1) is 11.3. The molecule has 0 unspecified atom stereocenters. The lowest BCUT2D eigenvalue weighted by molar-refractivity contribution is 0.258. The zero-order valence-corrected chi connectivity index (χ0v) is 13.2. The molecule has 0 saturated heterocycles. The van der Waals surface area contributed by atoms with Crippen LogP contribution in [-0.2, 0) is 6.61 Å². The molecule has 0 saturated carbocycles. The van der Waals surface area contributed by atoms with Crippen LogP contribution >= 0.6 is 22.9 Å². The Balaban J connectivity index is 1.52. The maximum absolute atomic E-state index is 5.86. The number of nitrogens with zero attached hydrogens (tertiary/aromatic N) is 4. The van der Waals surface area contributed by atoms with Crippen molar-refractivity contribution < 1.29 is 9.15 Å². The summed E-state index contributed by atoms with van der Waals surface area (Å²) in [6.07, 6.45) is 1.47. The van der Waals surface area contributed by atoms with E-state index in [1.165, 1.54) is 17.7 Å². The number of hydrogen-bond acceptors (Lipinski definition) is 7. The quantitative estimate of drug-likeness (QED) is 0.557. The number of thiophene rings is 1. The molecule has 0 spiro atoms. The molecule has 0 fully saturated rings. The van der Waals surface area contributed by atoms with Crippen LogP contribution in [0.5, 0.6) is 5.88 Å². The minimum atomic E-state index is 0.141. The van der Waals surface area contributed by atoms with Crippen molar-refractivity contribution in [1.82, 2.24) is 20.2 Å². The number of fused-ring (bicyclic) bond motifs is 1. The lowest BCUT2D eigenvalue weighted by Crippen LogP contribution is -1.98. The van der Waals surface area contributed by atoms with Gasteiger partial charge in [0.2, 0.25) is 11.8 Å². The van der Waals surface area contributed by atoms with Crippen LogP contribution in [0.4, 0.5) is 0 Å². The number of aromatic nitrogens is 4. The summed E-state index contributed by atoms with van der Waals surface area (Å²) in [6, 6.07) is 9.10. The molecule has 8 heteroatoms. The van der Waals surface area contributed by atoms with Crippen molar-refractivity contribution in [1.29, 1.82) is 0 Å². The van der Waals surface area contributed by atoms with E-state index in [0.717, 1.165) is 15.8 Å². The minimum absolute atomic E-state index is 0.141. The number of halogens is 1. The van der Waals surface area contributed by atoms with E-state index in [1.807, 2.05) is 23.6 Å². The lowest BCUT2D eigenvalue weighted by atomic mass is 10.2. The second kappa shape index (κ2) is 5.94. The third kappa shape index (κ3) is 2.88. The molecule has 1 aromatic carbocycles. The fourth-order valence-electron chi connectivity index (χ4n) is 2.03. The highest BCUT2D eigenvalue weighted by molar-refractivity contribution is 7.16. The van der Waals surface area contributed by atoms with Crippen molar-refractivity contribution >= 4 is 33.2 Å². The number of benzene rings is 1. The van der Waals surface area contributed by atoms with Crippen molar-refractivity contribution in [2.45, 2.75) is 6.61 Å². The largest absolute Gasteiger partial charge is 0.467 e. The highest BCUT2D eigenvalue weighted by Crippen LogP contribution is 2.26. The molecule has 23 heavy (non-hydrogen) atoms. The third-order valence-electron chi connectivity index (χ3n) is 3.12.